The molecule has 0 spiro atoms. The third-order valence-electron chi connectivity index (χ3n) is 6.08. The van der Waals surface area contributed by atoms with Crippen LogP contribution in [0.25, 0.3) is 17.3 Å². The van der Waals surface area contributed by atoms with Crippen molar-refractivity contribution >= 4 is 69.1 Å². The fourth-order valence-corrected chi connectivity index (χ4v) is 6.01. The average Bonchev–Trinajstić information content (AvgIpc) is 3.74. The van der Waals surface area contributed by atoms with Crippen molar-refractivity contribution in [1.82, 2.24) is 10.3 Å². The molecule has 3 aromatic carbocycles. The van der Waals surface area contributed by atoms with Gasteiger partial charge in [-0.25, -0.2) is 4.98 Å². The first kappa shape index (κ1) is 30.7. The van der Waals surface area contributed by atoms with Crippen LogP contribution in [0.4, 0.5) is 10.8 Å². The Morgan fingerprint density at radius 2 is 1.68 bits per heavy atom. The van der Waals surface area contributed by atoms with E-state index in [0.717, 1.165) is 27.5 Å². The minimum atomic E-state index is -0.451. The Hall–Kier alpha value is -4.71. The van der Waals surface area contributed by atoms with Crippen LogP contribution < -0.4 is 20.7 Å². The number of amides is 3. The molecule has 11 heteroatoms. The van der Waals surface area contributed by atoms with E-state index in [2.05, 4.69) is 20.9 Å². The quantitative estimate of drug-likeness (QED) is 0.0968. The number of thiazole rings is 1. The molecule has 5 rings (SSSR count). The first-order chi connectivity index (χ1) is 21.5. The molecule has 3 N–H and O–H groups in total. The number of benzene rings is 3. The van der Waals surface area contributed by atoms with Gasteiger partial charge in [0.05, 0.1) is 18.1 Å². The van der Waals surface area contributed by atoms with Gasteiger partial charge in [-0.2, -0.15) is 11.3 Å². The number of thiophene rings is 1. The lowest BCUT2D eigenvalue weighted by Gasteiger charge is -2.11. The molecule has 3 amide bonds. The summed E-state index contributed by atoms with van der Waals surface area (Å²) in [6, 6.07) is 25.4. The minimum Gasteiger partial charge on any atom is -0.494 e. The van der Waals surface area contributed by atoms with E-state index in [9.17, 15) is 14.4 Å². The van der Waals surface area contributed by atoms with Crippen molar-refractivity contribution in [3.8, 4) is 17.0 Å². The molecule has 0 radical (unpaired) electrons. The van der Waals surface area contributed by atoms with Crippen LogP contribution in [0.1, 0.15) is 22.8 Å². The minimum absolute atomic E-state index is 0.125. The Kier molecular flexibility index (Phi) is 10.6. The Bertz CT molecular complexity index is 1730. The summed E-state index contributed by atoms with van der Waals surface area (Å²) >= 11 is 4.23. The van der Waals surface area contributed by atoms with Crippen LogP contribution in [-0.2, 0) is 9.59 Å². The maximum Gasteiger partial charge on any atom is 0.272 e. The monoisotopic (exact) mass is 640 g/mol. The van der Waals surface area contributed by atoms with Crippen molar-refractivity contribution in [3.63, 3.8) is 0 Å². The first-order valence-corrected chi connectivity index (χ1v) is 16.4. The van der Waals surface area contributed by atoms with E-state index in [0.29, 0.717) is 23.0 Å². The summed E-state index contributed by atoms with van der Waals surface area (Å²) < 4.78 is 5.48. The third kappa shape index (κ3) is 8.66. The third-order valence-corrected chi connectivity index (χ3v) is 8.55. The number of hydrogen-bond donors (Lipinski definition) is 3. The van der Waals surface area contributed by atoms with Crippen LogP contribution in [0.2, 0.25) is 0 Å². The summed E-state index contributed by atoms with van der Waals surface area (Å²) in [6.45, 7) is 2.55. The number of nitrogens with one attached hydrogen (secondary N) is 3. The van der Waals surface area contributed by atoms with Crippen LogP contribution in [0.15, 0.2) is 112 Å². The van der Waals surface area contributed by atoms with Crippen LogP contribution in [0.5, 0.6) is 5.75 Å². The van der Waals surface area contributed by atoms with Gasteiger partial charge in [-0.15, -0.1) is 23.1 Å². The van der Waals surface area contributed by atoms with Gasteiger partial charge in [-0.05, 0) is 96.1 Å². The summed E-state index contributed by atoms with van der Waals surface area (Å²) in [5, 5.41) is 14.6. The number of carbonyl (C=O) groups excluding carboxylic acids is 3. The maximum atomic E-state index is 13.2. The van der Waals surface area contributed by atoms with Gasteiger partial charge in [-0.1, -0.05) is 18.2 Å². The smallest absolute Gasteiger partial charge is 0.272 e. The maximum absolute atomic E-state index is 13.2. The van der Waals surface area contributed by atoms with E-state index in [1.807, 2.05) is 71.6 Å². The highest BCUT2D eigenvalue weighted by atomic mass is 32.2. The number of thioether (sulfide) groups is 1. The molecule has 2 aromatic heterocycles. The van der Waals surface area contributed by atoms with Crippen molar-refractivity contribution in [3.05, 3.63) is 118 Å². The number of ether oxygens (including phenoxy) is 1. The van der Waals surface area contributed by atoms with Crippen LogP contribution >= 0.6 is 34.4 Å². The molecule has 44 heavy (non-hydrogen) atoms. The fourth-order valence-electron chi connectivity index (χ4n) is 3.96. The highest BCUT2D eigenvalue weighted by molar-refractivity contribution is 8.00. The molecule has 5 aromatic rings. The number of rotatable bonds is 12. The van der Waals surface area contributed by atoms with Crippen molar-refractivity contribution in [1.29, 1.82) is 0 Å². The lowest BCUT2D eigenvalue weighted by Crippen LogP contribution is -2.30. The summed E-state index contributed by atoms with van der Waals surface area (Å²) in [4.78, 5) is 43.9. The first-order valence-electron chi connectivity index (χ1n) is 13.6. The number of hydrogen-bond acceptors (Lipinski definition) is 8. The van der Waals surface area contributed by atoms with E-state index in [-0.39, 0.29) is 23.3 Å². The van der Waals surface area contributed by atoms with Gasteiger partial charge in [0, 0.05) is 27.1 Å². The van der Waals surface area contributed by atoms with Gasteiger partial charge in [0.2, 0.25) is 5.91 Å². The van der Waals surface area contributed by atoms with Crippen LogP contribution in [-0.4, -0.2) is 35.1 Å². The summed E-state index contributed by atoms with van der Waals surface area (Å²) in [5.74, 6) is 0.00133. The highest BCUT2D eigenvalue weighted by Gasteiger charge is 2.15. The summed E-state index contributed by atoms with van der Waals surface area (Å²) in [5.41, 5.74) is 3.67. The second-order valence-electron chi connectivity index (χ2n) is 9.25. The fraction of sp³-hybridized carbons (Fsp3) is 0.0909. The Morgan fingerprint density at radius 1 is 0.909 bits per heavy atom. The predicted octanol–water partition coefficient (Wildman–Crippen LogP) is 7.41. The number of carbonyl (C=O) groups is 3. The molecule has 0 fully saturated rings. The summed E-state index contributed by atoms with van der Waals surface area (Å²) in [7, 11) is 0. The normalized spacial score (nSPS) is 11.1. The van der Waals surface area contributed by atoms with Crippen molar-refractivity contribution in [2.45, 2.75) is 11.8 Å². The van der Waals surface area contributed by atoms with Gasteiger partial charge >= 0.3 is 0 Å². The molecular formula is C33H28N4O4S3. The van der Waals surface area contributed by atoms with E-state index in [4.69, 9.17) is 4.74 Å². The van der Waals surface area contributed by atoms with E-state index in [1.165, 1.54) is 34.4 Å². The molecular weight excluding hydrogens is 613 g/mol. The van der Waals surface area contributed by atoms with Crippen molar-refractivity contribution < 1.29 is 19.1 Å². The molecule has 0 aliphatic heterocycles. The van der Waals surface area contributed by atoms with E-state index >= 15 is 0 Å². The Morgan fingerprint density at radius 3 is 2.39 bits per heavy atom. The van der Waals surface area contributed by atoms with E-state index in [1.54, 1.807) is 42.5 Å². The standard InChI is InChI=1S/C33H28N4O4S3/c1-2-41-26-12-8-23(9-13-26)29-20-44-33(36-29)37-30(38)21-43-27-14-10-25(11-15-27)34-32(40)28(18-22-16-17-42-19-22)35-31(39)24-6-4-3-5-7-24/h3-20H,2,21H2,1H3,(H,34,40)(H,35,39)(H,36,37,38)/b28-18-. The zero-order valence-electron chi connectivity index (χ0n) is 23.6. The van der Waals surface area contributed by atoms with Gasteiger partial charge in [0.25, 0.3) is 11.8 Å². The SMILES string of the molecule is CCOc1ccc(-c2csc(NC(=O)CSc3ccc(NC(=O)/C(=C/c4ccsc4)NC(=O)c4ccccc4)cc3)n2)cc1. The second kappa shape index (κ2) is 15.1. The molecule has 2 heterocycles. The second-order valence-corrected chi connectivity index (χ2v) is 11.9. The molecule has 0 aliphatic carbocycles. The zero-order valence-corrected chi connectivity index (χ0v) is 26.1. The molecule has 0 atom stereocenters. The Labute approximate surface area is 267 Å². The molecule has 0 aliphatic rings. The molecule has 0 bridgehead atoms. The molecule has 222 valence electrons. The molecule has 0 unspecified atom stereocenters. The van der Waals surface area contributed by atoms with E-state index < -0.39 is 5.91 Å². The molecule has 0 saturated heterocycles. The highest BCUT2D eigenvalue weighted by Crippen LogP contribution is 2.27. The van der Waals surface area contributed by atoms with Gasteiger partial charge in [0.15, 0.2) is 5.13 Å². The largest absolute Gasteiger partial charge is 0.494 e. The number of anilines is 2. The topological polar surface area (TPSA) is 109 Å². The number of aromatic nitrogens is 1. The van der Waals surface area contributed by atoms with Crippen LogP contribution in [0, 0.1) is 0 Å². The van der Waals surface area contributed by atoms with Crippen molar-refractivity contribution in [2.24, 2.45) is 0 Å². The molecule has 8 nitrogen and oxygen atoms in total. The van der Waals surface area contributed by atoms with Gasteiger partial charge in [-0.3, -0.25) is 14.4 Å². The molecule has 0 saturated carbocycles. The van der Waals surface area contributed by atoms with Gasteiger partial charge in [0.1, 0.15) is 11.4 Å². The Balaban J connectivity index is 1.14. The average molecular weight is 641 g/mol. The lowest BCUT2D eigenvalue weighted by molar-refractivity contribution is -0.114. The zero-order chi connectivity index (χ0) is 30.7. The summed E-state index contributed by atoms with van der Waals surface area (Å²) in [6.07, 6.45) is 1.64. The van der Waals surface area contributed by atoms with Crippen LogP contribution in [0.3, 0.4) is 0 Å². The number of nitrogens with zero attached hydrogens (tertiary/aromatic N) is 1. The van der Waals surface area contributed by atoms with Crippen molar-refractivity contribution in [2.75, 3.05) is 23.0 Å². The predicted molar refractivity (Wildman–Crippen MR) is 179 cm³/mol. The lowest BCUT2D eigenvalue weighted by atomic mass is 10.2. The van der Waals surface area contributed by atoms with Gasteiger partial charge < -0.3 is 20.7 Å².